The van der Waals surface area contributed by atoms with Gasteiger partial charge in [-0.1, -0.05) is 30.5 Å². The summed E-state index contributed by atoms with van der Waals surface area (Å²) in [6.07, 6.45) is 12.1. The zero-order valence-corrected chi connectivity index (χ0v) is 17.0. The van der Waals surface area contributed by atoms with Crippen molar-refractivity contribution in [2.24, 2.45) is 0 Å². The van der Waals surface area contributed by atoms with Gasteiger partial charge in [0.1, 0.15) is 0 Å². The Morgan fingerprint density at radius 3 is 2.74 bits per heavy atom. The quantitative estimate of drug-likeness (QED) is 0.623. The van der Waals surface area contributed by atoms with Crippen LogP contribution in [0.5, 0.6) is 0 Å². The Morgan fingerprint density at radius 1 is 1.19 bits per heavy atom. The van der Waals surface area contributed by atoms with Gasteiger partial charge >= 0.3 is 0 Å². The Morgan fingerprint density at radius 2 is 2.04 bits per heavy atom. The molecular formula is C25H32O2. The number of aryl methyl sites for hydroxylation is 2. The Kier molecular flexibility index (Phi) is 6.94. The van der Waals surface area contributed by atoms with E-state index in [1.165, 1.54) is 41.5 Å². The third-order valence-corrected chi connectivity index (χ3v) is 5.79. The Hall–Kier alpha value is -1.82. The van der Waals surface area contributed by atoms with E-state index in [-0.39, 0.29) is 12.2 Å². The lowest BCUT2D eigenvalue weighted by Crippen LogP contribution is -2.19. The second-order valence-electron chi connectivity index (χ2n) is 7.91. The van der Waals surface area contributed by atoms with Crippen LogP contribution in [0.1, 0.15) is 61.8 Å². The maximum absolute atomic E-state index is 10.4. The van der Waals surface area contributed by atoms with Crippen molar-refractivity contribution >= 4 is 0 Å². The van der Waals surface area contributed by atoms with Crippen LogP contribution < -0.4 is 0 Å². The number of hydrogen-bond donors (Lipinski definition) is 1. The summed E-state index contributed by atoms with van der Waals surface area (Å²) in [6.45, 7) is 4.16. The Balaban J connectivity index is 1.72. The van der Waals surface area contributed by atoms with Gasteiger partial charge in [-0.15, -0.1) is 0 Å². The van der Waals surface area contributed by atoms with Gasteiger partial charge in [-0.25, -0.2) is 0 Å². The lowest BCUT2D eigenvalue weighted by molar-refractivity contribution is 0.0403. The second-order valence-corrected chi connectivity index (χ2v) is 7.91. The molecule has 0 aliphatic heterocycles. The van der Waals surface area contributed by atoms with Gasteiger partial charge < -0.3 is 9.84 Å². The van der Waals surface area contributed by atoms with E-state index in [1.54, 1.807) is 12.7 Å². The first-order valence-electron chi connectivity index (χ1n) is 10.3. The largest absolute Gasteiger partial charge is 0.393 e. The lowest BCUT2D eigenvalue weighted by atomic mass is 9.92. The predicted octanol–water partition coefficient (Wildman–Crippen LogP) is 5.02. The van der Waals surface area contributed by atoms with Gasteiger partial charge in [0.05, 0.1) is 12.2 Å². The fourth-order valence-corrected chi connectivity index (χ4v) is 4.15. The van der Waals surface area contributed by atoms with Crippen LogP contribution in [0.4, 0.5) is 0 Å². The van der Waals surface area contributed by atoms with Crippen molar-refractivity contribution in [3.05, 3.63) is 69.1 Å². The molecule has 1 aromatic carbocycles. The topological polar surface area (TPSA) is 29.5 Å². The number of benzene rings is 1. The van der Waals surface area contributed by atoms with Crippen LogP contribution in [-0.4, -0.2) is 24.4 Å². The Labute approximate surface area is 164 Å². The third kappa shape index (κ3) is 5.34. The average Bonchev–Trinajstić information content (AvgIpc) is 3.15. The molecule has 2 unspecified atom stereocenters. The van der Waals surface area contributed by atoms with Crippen LogP contribution in [0.2, 0.25) is 0 Å². The van der Waals surface area contributed by atoms with Crippen molar-refractivity contribution < 1.29 is 9.84 Å². The summed E-state index contributed by atoms with van der Waals surface area (Å²) in [6, 6.07) is 4.73. The zero-order chi connectivity index (χ0) is 19.2. The van der Waals surface area contributed by atoms with E-state index >= 15 is 0 Å². The van der Waals surface area contributed by atoms with Gasteiger partial charge in [-0.2, -0.15) is 0 Å². The molecule has 0 radical (unpaired) electrons. The molecule has 2 aliphatic rings. The minimum atomic E-state index is -0.299. The number of ether oxygens (including phenoxy) is 1. The molecule has 27 heavy (non-hydrogen) atoms. The van der Waals surface area contributed by atoms with E-state index in [2.05, 4.69) is 49.6 Å². The molecule has 0 fully saturated rings. The number of allylic oxidation sites excluding steroid dienone is 4. The van der Waals surface area contributed by atoms with Crippen molar-refractivity contribution in [2.45, 2.75) is 77.4 Å². The highest BCUT2D eigenvalue weighted by Gasteiger charge is 2.18. The Bertz CT molecular complexity index is 798. The van der Waals surface area contributed by atoms with Gasteiger partial charge in [-0.3, -0.25) is 0 Å². The first-order valence-corrected chi connectivity index (χ1v) is 10.3. The zero-order valence-electron chi connectivity index (χ0n) is 17.0. The van der Waals surface area contributed by atoms with E-state index in [1.807, 2.05) is 0 Å². The number of rotatable bonds is 9. The molecular weight excluding hydrogens is 332 g/mol. The van der Waals surface area contributed by atoms with Gasteiger partial charge in [0, 0.05) is 19.1 Å². The fraction of sp³-hybridized carbons (Fsp3) is 0.520. The van der Waals surface area contributed by atoms with Crippen molar-refractivity contribution in [3.8, 4) is 0 Å². The highest BCUT2D eigenvalue weighted by atomic mass is 16.5. The average molecular weight is 365 g/mol. The number of aliphatic hydroxyl groups is 1. The van der Waals surface area contributed by atoms with Crippen molar-refractivity contribution in [1.29, 1.82) is 0 Å². The molecule has 144 valence electrons. The summed E-state index contributed by atoms with van der Waals surface area (Å²) in [5, 5.41) is 10.4. The third-order valence-electron chi connectivity index (χ3n) is 5.79. The SMILES string of the molecule is CCC(CC(O)CCc1cc2c(c(CC3=C=C=C(C)C=C3)c1)CCC2)OC. The molecule has 2 nitrogen and oxygen atoms in total. The summed E-state index contributed by atoms with van der Waals surface area (Å²) < 4.78 is 5.41. The van der Waals surface area contributed by atoms with Gasteiger partial charge in [0.2, 0.25) is 0 Å². The van der Waals surface area contributed by atoms with Crippen molar-refractivity contribution in [3.63, 3.8) is 0 Å². The predicted molar refractivity (Wildman–Crippen MR) is 111 cm³/mol. The number of aliphatic hydroxyl groups excluding tert-OH is 1. The maximum atomic E-state index is 10.4. The number of methoxy groups -OCH3 is 1. The van der Waals surface area contributed by atoms with E-state index in [0.29, 0.717) is 0 Å². The first kappa shape index (κ1) is 19.9. The van der Waals surface area contributed by atoms with Crippen LogP contribution in [-0.2, 0) is 30.4 Å². The number of hydrogen-bond acceptors (Lipinski definition) is 2. The molecule has 0 saturated carbocycles. The van der Waals surface area contributed by atoms with Crippen LogP contribution in [0.3, 0.4) is 0 Å². The second kappa shape index (κ2) is 9.40. The summed E-state index contributed by atoms with van der Waals surface area (Å²) in [4.78, 5) is 0. The minimum absolute atomic E-state index is 0.156. The minimum Gasteiger partial charge on any atom is -0.393 e. The molecule has 2 heteroatoms. The monoisotopic (exact) mass is 364 g/mol. The molecule has 0 heterocycles. The van der Waals surface area contributed by atoms with E-state index in [4.69, 9.17) is 4.74 Å². The first-order chi connectivity index (χ1) is 13.1. The van der Waals surface area contributed by atoms with E-state index in [0.717, 1.165) is 37.7 Å². The molecule has 2 aliphatic carbocycles. The summed E-state index contributed by atoms with van der Waals surface area (Å²) in [5.41, 5.74) is 14.7. The standard InChI is InChI=1S/C25H32O2/c1-4-24(27-3)17-23(26)13-12-20-15-21-6-5-7-25(21)22(16-20)14-19-10-8-18(2)9-11-19/h8,10,15-16,23-24,26H,4-7,12-14,17H2,1-3H3. The molecule has 0 spiro atoms. The molecule has 0 aromatic heterocycles. The van der Waals surface area contributed by atoms with Crippen LogP contribution in [0.15, 0.2) is 46.9 Å². The highest BCUT2D eigenvalue weighted by molar-refractivity contribution is 5.45. The molecule has 1 N–H and O–H groups in total. The molecule has 3 rings (SSSR count). The van der Waals surface area contributed by atoms with E-state index < -0.39 is 0 Å². The summed E-state index contributed by atoms with van der Waals surface area (Å²) >= 11 is 0. The van der Waals surface area contributed by atoms with Crippen LogP contribution in [0.25, 0.3) is 0 Å². The van der Waals surface area contributed by atoms with Crippen molar-refractivity contribution in [1.82, 2.24) is 0 Å². The summed E-state index contributed by atoms with van der Waals surface area (Å²) in [5.74, 6) is 0. The molecule has 1 aromatic rings. The molecule has 2 atom stereocenters. The fourth-order valence-electron chi connectivity index (χ4n) is 4.15. The lowest BCUT2D eigenvalue weighted by Gasteiger charge is -2.18. The van der Waals surface area contributed by atoms with E-state index in [9.17, 15) is 5.11 Å². The normalized spacial score (nSPS) is 17.5. The van der Waals surface area contributed by atoms with Gasteiger partial charge in [0.15, 0.2) is 0 Å². The molecule has 0 amide bonds. The molecule has 0 saturated heterocycles. The van der Waals surface area contributed by atoms with Gasteiger partial charge in [0.25, 0.3) is 0 Å². The van der Waals surface area contributed by atoms with Crippen molar-refractivity contribution in [2.75, 3.05) is 7.11 Å². The highest BCUT2D eigenvalue weighted by Crippen LogP contribution is 2.30. The van der Waals surface area contributed by atoms with Crippen LogP contribution >= 0.6 is 0 Å². The maximum Gasteiger partial charge on any atom is 0.0593 e. The summed E-state index contributed by atoms with van der Waals surface area (Å²) in [7, 11) is 1.73. The van der Waals surface area contributed by atoms with Crippen LogP contribution in [0, 0.1) is 0 Å². The van der Waals surface area contributed by atoms with Gasteiger partial charge in [-0.05, 0) is 91.8 Å². The molecule has 0 bridgehead atoms. The number of fused-ring (bicyclic) bond motifs is 1. The smallest absolute Gasteiger partial charge is 0.0593 e.